The second-order valence-corrected chi connectivity index (χ2v) is 6.76. The molecule has 0 saturated heterocycles. The maximum Gasteiger partial charge on any atom is 0.213 e. The normalized spacial score (nSPS) is 12.0. The number of hydrazine groups is 1. The Bertz CT molecular complexity index is 51.4. The summed E-state index contributed by atoms with van der Waals surface area (Å²) in [6.07, 6.45) is 0. The van der Waals surface area contributed by atoms with Crippen LogP contribution in [0, 0.1) is 0 Å². The molecule has 0 aliphatic carbocycles. The fourth-order valence-corrected chi connectivity index (χ4v) is 0.530. The van der Waals surface area contributed by atoms with Gasteiger partial charge in [0.25, 0.3) is 0 Å². The van der Waals surface area contributed by atoms with Crippen LogP contribution in [-0.4, -0.2) is 8.32 Å². The maximum absolute atomic E-state index is 4.90. The van der Waals surface area contributed by atoms with Gasteiger partial charge in [0.05, 0.1) is 0 Å². The first-order valence-electron chi connectivity index (χ1n) is 2.20. The highest BCUT2D eigenvalue weighted by Crippen LogP contribution is 1.96. The minimum Gasteiger partial charge on any atom is -0.332 e. The first kappa shape index (κ1) is 7.10. The standard InChI is InChI=1S/C3H12N2OSi/c1-7(2,3)6-5-4/h5H,4H2,1-3H3. The van der Waals surface area contributed by atoms with Crippen molar-refractivity contribution in [1.82, 2.24) is 5.59 Å². The highest BCUT2D eigenvalue weighted by molar-refractivity contribution is 6.69. The average Bonchev–Trinajstić information content (AvgIpc) is 1.30. The van der Waals surface area contributed by atoms with E-state index < -0.39 is 8.32 Å². The van der Waals surface area contributed by atoms with Gasteiger partial charge >= 0.3 is 0 Å². The van der Waals surface area contributed by atoms with Crippen molar-refractivity contribution < 1.29 is 4.53 Å². The Balaban J connectivity index is 3.15. The number of hydrogen-bond donors (Lipinski definition) is 2. The van der Waals surface area contributed by atoms with Crippen molar-refractivity contribution in [2.24, 2.45) is 5.84 Å². The minimum atomic E-state index is -1.39. The monoisotopic (exact) mass is 120 g/mol. The van der Waals surface area contributed by atoms with E-state index in [-0.39, 0.29) is 0 Å². The van der Waals surface area contributed by atoms with Crippen LogP contribution in [0.25, 0.3) is 0 Å². The summed E-state index contributed by atoms with van der Waals surface area (Å²) in [6.45, 7) is 6.15. The van der Waals surface area contributed by atoms with E-state index in [1.165, 1.54) is 0 Å². The van der Waals surface area contributed by atoms with E-state index in [0.29, 0.717) is 0 Å². The molecule has 0 unspecified atom stereocenters. The van der Waals surface area contributed by atoms with E-state index in [9.17, 15) is 0 Å². The molecule has 0 bridgehead atoms. The summed E-state index contributed by atoms with van der Waals surface area (Å²) in [5.74, 6) is 4.88. The summed E-state index contributed by atoms with van der Waals surface area (Å²) in [5.41, 5.74) is 2.17. The van der Waals surface area contributed by atoms with Crippen molar-refractivity contribution >= 4 is 8.32 Å². The van der Waals surface area contributed by atoms with E-state index in [1.807, 2.05) is 19.6 Å². The van der Waals surface area contributed by atoms with Crippen molar-refractivity contribution in [1.29, 1.82) is 0 Å². The lowest BCUT2D eigenvalue weighted by Crippen LogP contribution is -2.37. The average molecular weight is 120 g/mol. The second-order valence-electron chi connectivity index (χ2n) is 2.33. The third-order valence-corrected chi connectivity index (χ3v) is 1.10. The second kappa shape index (κ2) is 2.42. The molecule has 3 N–H and O–H groups in total. The molecule has 0 aliphatic heterocycles. The third kappa shape index (κ3) is 6.10. The van der Waals surface area contributed by atoms with Gasteiger partial charge in [0, 0.05) is 0 Å². The van der Waals surface area contributed by atoms with Crippen molar-refractivity contribution in [3.05, 3.63) is 0 Å². The fraction of sp³-hybridized carbons (Fsp3) is 1.00. The highest BCUT2D eigenvalue weighted by Gasteiger charge is 2.12. The van der Waals surface area contributed by atoms with Crippen molar-refractivity contribution in [3.8, 4) is 0 Å². The van der Waals surface area contributed by atoms with E-state index in [0.717, 1.165) is 0 Å². The molecule has 0 rings (SSSR count). The number of nitrogens with one attached hydrogen (secondary N) is 1. The Morgan fingerprint density at radius 2 is 1.86 bits per heavy atom. The first-order chi connectivity index (χ1) is 3.06. The zero-order chi connectivity index (χ0) is 5.91. The van der Waals surface area contributed by atoms with Crippen LogP contribution in [0.2, 0.25) is 19.6 Å². The summed E-state index contributed by atoms with van der Waals surface area (Å²) in [7, 11) is -1.39. The molecular weight excluding hydrogens is 108 g/mol. The fourth-order valence-electron chi connectivity index (χ4n) is 0.177. The van der Waals surface area contributed by atoms with Gasteiger partial charge in [0.15, 0.2) is 0 Å². The Hall–Kier alpha value is 0.0969. The number of rotatable bonds is 2. The van der Waals surface area contributed by atoms with Crippen LogP contribution < -0.4 is 11.4 Å². The lowest BCUT2D eigenvalue weighted by molar-refractivity contribution is 0.190. The van der Waals surface area contributed by atoms with Crippen LogP contribution in [0.3, 0.4) is 0 Å². The smallest absolute Gasteiger partial charge is 0.213 e. The summed E-state index contributed by atoms with van der Waals surface area (Å²) < 4.78 is 4.90. The Labute approximate surface area is 44.9 Å². The molecule has 44 valence electrons. The Morgan fingerprint density at radius 1 is 1.43 bits per heavy atom. The summed E-state index contributed by atoms with van der Waals surface area (Å²) in [4.78, 5) is 0. The SMILES string of the molecule is C[Si](C)(C)ONN. The predicted molar refractivity (Wildman–Crippen MR) is 31.8 cm³/mol. The number of nitrogens with two attached hydrogens (primary N) is 1. The van der Waals surface area contributed by atoms with Gasteiger partial charge in [-0.15, -0.1) is 0 Å². The van der Waals surface area contributed by atoms with Crippen molar-refractivity contribution in [3.63, 3.8) is 0 Å². The molecule has 0 aromatic rings. The summed E-state index contributed by atoms with van der Waals surface area (Å²) >= 11 is 0. The third-order valence-electron chi connectivity index (χ3n) is 0.365. The largest absolute Gasteiger partial charge is 0.332 e. The molecule has 4 heteroatoms. The molecule has 0 amide bonds. The Morgan fingerprint density at radius 3 is 1.86 bits per heavy atom. The molecule has 7 heavy (non-hydrogen) atoms. The molecular formula is C3H12N2OSi. The van der Waals surface area contributed by atoms with Gasteiger partial charge < -0.3 is 4.53 Å². The first-order valence-corrected chi connectivity index (χ1v) is 5.61. The van der Waals surface area contributed by atoms with Gasteiger partial charge in [0.1, 0.15) is 0 Å². The lowest BCUT2D eigenvalue weighted by atomic mass is 11.8. The lowest BCUT2D eigenvalue weighted by Gasteiger charge is -2.13. The molecule has 0 fully saturated rings. The molecule has 0 atom stereocenters. The minimum absolute atomic E-state index is 1.39. The quantitative estimate of drug-likeness (QED) is 0.311. The van der Waals surface area contributed by atoms with Crippen molar-refractivity contribution in [2.45, 2.75) is 19.6 Å². The Kier molecular flexibility index (Phi) is 2.45. The van der Waals surface area contributed by atoms with Crippen LogP contribution in [0.5, 0.6) is 0 Å². The van der Waals surface area contributed by atoms with Crippen LogP contribution >= 0.6 is 0 Å². The molecule has 0 radical (unpaired) electrons. The van der Waals surface area contributed by atoms with Gasteiger partial charge in [-0.2, -0.15) is 5.59 Å². The van der Waals surface area contributed by atoms with Gasteiger partial charge in [-0.3, -0.25) is 0 Å². The highest BCUT2D eigenvalue weighted by atomic mass is 28.4. The summed E-state index contributed by atoms with van der Waals surface area (Å²) in [6, 6.07) is 0. The molecule has 0 heterocycles. The molecule has 0 saturated carbocycles. The van der Waals surface area contributed by atoms with Gasteiger partial charge in [-0.05, 0) is 19.6 Å². The predicted octanol–water partition coefficient (Wildman–Crippen LogP) is 0.216. The van der Waals surface area contributed by atoms with Crippen LogP contribution in [-0.2, 0) is 4.53 Å². The van der Waals surface area contributed by atoms with Crippen LogP contribution in [0.15, 0.2) is 0 Å². The molecule has 0 spiro atoms. The maximum atomic E-state index is 4.90. The van der Waals surface area contributed by atoms with E-state index in [4.69, 9.17) is 10.4 Å². The van der Waals surface area contributed by atoms with Crippen molar-refractivity contribution in [2.75, 3.05) is 0 Å². The molecule has 3 nitrogen and oxygen atoms in total. The van der Waals surface area contributed by atoms with E-state index in [1.54, 1.807) is 0 Å². The molecule has 0 aromatic carbocycles. The zero-order valence-corrected chi connectivity index (χ0v) is 5.99. The zero-order valence-electron chi connectivity index (χ0n) is 4.99. The summed E-state index contributed by atoms with van der Waals surface area (Å²) in [5, 5.41) is 0. The van der Waals surface area contributed by atoms with Gasteiger partial charge in [-0.25, -0.2) is 5.84 Å². The number of hydrogen-bond acceptors (Lipinski definition) is 3. The molecule has 0 aliphatic rings. The van der Waals surface area contributed by atoms with E-state index >= 15 is 0 Å². The molecule has 0 aromatic heterocycles. The van der Waals surface area contributed by atoms with E-state index in [2.05, 4.69) is 5.59 Å². The van der Waals surface area contributed by atoms with Gasteiger partial charge in [0.2, 0.25) is 8.32 Å². The van der Waals surface area contributed by atoms with Crippen LogP contribution in [0.1, 0.15) is 0 Å². The van der Waals surface area contributed by atoms with Gasteiger partial charge in [-0.1, -0.05) is 0 Å². The van der Waals surface area contributed by atoms with Crippen LogP contribution in [0.4, 0.5) is 0 Å². The topological polar surface area (TPSA) is 47.3 Å².